The van der Waals surface area contributed by atoms with Gasteiger partial charge in [0.05, 0.1) is 22.7 Å². The van der Waals surface area contributed by atoms with Crippen LogP contribution in [-0.4, -0.2) is 59.8 Å². The Morgan fingerprint density at radius 2 is 1.77 bits per heavy atom. The van der Waals surface area contributed by atoms with Gasteiger partial charge in [0.2, 0.25) is 5.91 Å². The van der Waals surface area contributed by atoms with Crippen LogP contribution in [0.25, 0.3) is 0 Å². The molecule has 30 heavy (non-hydrogen) atoms. The van der Waals surface area contributed by atoms with E-state index < -0.39 is 68.5 Å². The summed E-state index contributed by atoms with van der Waals surface area (Å²) in [6, 6.07) is 0.569. The quantitative estimate of drug-likeness (QED) is 0.344. The van der Waals surface area contributed by atoms with E-state index in [1.807, 2.05) is 0 Å². The number of rotatable bonds is 7. The fraction of sp³-hybridized carbons (Fsp3) is 0.467. The Hall–Kier alpha value is -2.00. The van der Waals surface area contributed by atoms with Crippen LogP contribution >= 0.6 is 11.6 Å². The van der Waals surface area contributed by atoms with Crippen molar-refractivity contribution in [1.82, 2.24) is 9.03 Å². The molecule has 0 aromatic heterocycles. The first-order valence-electron chi connectivity index (χ1n) is 7.99. The summed E-state index contributed by atoms with van der Waals surface area (Å²) >= 11 is 5.72. The highest BCUT2D eigenvalue weighted by atomic mass is 35.5. The average Bonchev–Trinajstić information content (AvgIpc) is 2.54. The van der Waals surface area contributed by atoms with Gasteiger partial charge in [0.15, 0.2) is 0 Å². The van der Waals surface area contributed by atoms with Crippen LogP contribution in [0.1, 0.15) is 30.6 Å². The van der Waals surface area contributed by atoms with Crippen LogP contribution in [0, 0.1) is 5.82 Å². The molecule has 0 saturated heterocycles. The van der Waals surface area contributed by atoms with Crippen molar-refractivity contribution in [1.29, 1.82) is 0 Å². The number of benzene rings is 1. The molecule has 1 aromatic rings. The molecule has 0 aliphatic carbocycles. The molecule has 0 heterocycles. The molecule has 4 N–H and O–H groups in total. The highest BCUT2D eigenvalue weighted by Crippen LogP contribution is 2.31. The molecule has 0 aliphatic rings. The van der Waals surface area contributed by atoms with Gasteiger partial charge in [-0.2, -0.15) is 25.9 Å². The van der Waals surface area contributed by atoms with Crippen molar-refractivity contribution in [2.24, 2.45) is 0 Å². The van der Waals surface area contributed by atoms with Crippen LogP contribution in [0.5, 0.6) is 0 Å². The van der Waals surface area contributed by atoms with Gasteiger partial charge in [-0.15, -0.1) is 0 Å². The molecule has 15 heteroatoms. The lowest BCUT2D eigenvalue weighted by Crippen LogP contribution is -2.47. The first kappa shape index (κ1) is 26.0. The summed E-state index contributed by atoms with van der Waals surface area (Å²) in [7, 11) is -3.13. The molecule has 0 spiro atoms. The minimum Gasteiger partial charge on any atom is -0.358 e. The first-order valence-corrected chi connectivity index (χ1v) is 9.81. The summed E-state index contributed by atoms with van der Waals surface area (Å²) in [6.45, 7) is 3.04. The number of carbonyl (C=O) groups excluding carboxylic acids is 2. The van der Waals surface area contributed by atoms with Gasteiger partial charge in [0.1, 0.15) is 5.82 Å². The molecule has 0 bridgehead atoms. The summed E-state index contributed by atoms with van der Waals surface area (Å²) in [5, 5.41) is 18.9. The third-order valence-corrected chi connectivity index (χ3v) is 5.70. The molecule has 0 radical (unpaired) electrons. The van der Waals surface area contributed by atoms with Gasteiger partial charge in [0, 0.05) is 13.1 Å². The molecule has 0 aliphatic heterocycles. The van der Waals surface area contributed by atoms with Crippen molar-refractivity contribution in [3.05, 3.63) is 28.5 Å². The summed E-state index contributed by atoms with van der Waals surface area (Å²) < 4.78 is 77.9. The minimum atomic E-state index is -5.56. The second-order valence-electron chi connectivity index (χ2n) is 6.40. The van der Waals surface area contributed by atoms with Crippen molar-refractivity contribution in [2.45, 2.75) is 38.3 Å². The van der Waals surface area contributed by atoms with Gasteiger partial charge >= 0.3 is 16.4 Å². The van der Waals surface area contributed by atoms with Gasteiger partial charge in [0.25, 0.3) is 11.7 Å². The molecular weight excluding hydrogens is 462 g/mol. The second-order valence-corrected chi connectivity index (χ2v) is 8.53. The van der Waals surface area contributed by atoms with Crippen molar-refractivity contribution in [3.63, 3.8) is 0 Å². The number of hydrogen-bond donors (Lipinski definition) is 4. The van der Waals surface area contributed by atoms with E-state index in [2.05, 4.69) is 0 Å². The summed E-state index contributed by atoms with van der Waals surface area (Å²) in [4.78, 5) is 23.9. The number of aliphatic hydroxyl groups is 2. The fourth-order valence-electron chi connectivity index (χ4n) is 1.86. The molecule has 0 unspecified atom stereocenters. The van der Waals surface area contributed by atoms with Crippen molar-refractivity contribution in [3.8, 4) is 0 Å². The van der Waals surface area contributed by atoms with E-state index in [0.29, 0.717) is 12.1 Å². The molecule has 1 aromatic carbocycles. The van der Waals surface area contributed by atoms with Gasteiger partial charge < -0.3 is 15.5 Å². The molecule has 170 valence electrons. The number of nitrogens with one attached hydrogen (secondary N) is 2. The summed E-state index contributed by atoms with van der Waals surface area (Å²) in [5.74, 6) is -8.62. The average molecular weight is 480 g/mol. The zero-order valence-electron chi connectivity index (χ0n) is 15.7. The smallest absolute Gasteiger partial charge is 0.358 e. The van der Waals surface area contributed by atoms with E-state index in [9.17, 15) is 35.6 Å². The van der Waals surface area contributed by atoms with Gasteiger partial charge in [-0.25, -0.2) is 9.11 Å². The van der Waals surface area contributed by atoms with Crippen LogP contribution in [0.15, 0.2) is 12.1 Å². The number of nitrogens with zero attached hydrogens (tertiary/aromatic N) is 1. The van der Waals surface area contributed by atoms with Crippen LogP contribution in [-0.2, 0) is 15.0 Å². The lowest BCUT2D eigenvalue weighted by molar-refractivity contribution is -0.347. The standard InChI is InChI=1S/C15H18ClF4N3O6S/c1-7(2)23(3)30(28,29)22-13(25)8-4-11(10(17)5-9(8)16)21-12(24)6-14(26,27)15(18,19)20/h4-5,7,26-27H,6H2,1-3H3,(H,21,24)(H,22,25). The maximum atomic E-state index is 14.0. The van der Waals surface area contributed by atoms with E-state index in [-0.39, 0.29) is 0 Å². The van der Waals surface area contributed by atoms with E-state index >= 15 is 0 Å². The monoisotopic (exact) mass is 479 g/mol. The van der Waals surface area contributed by atoms with Crippen molar-refractivity contribution in [2.75, 3.05) is 12.4 Å². The van der Waals surface area contributed by atoms with Crippen molar-refractivity contribution < 1.29 is 45.8 Å². The summed E-state index contributed by atoms with van der Waals surface area (Å²) in [5.41, 5.74) is -1.47. The van der Waals surface area contributed by atoms with E-state index in [1.165, 1.54) is 20.9 Å². The highest BCUT2D eigenvalue weighted by Gasteiger charge is 2.54. The Kier molecular flexibility index (Phi) is 7.82. The first-order chi connectivity index (χ1) is 13.4. The zero-order chi connectivity index (χ0) is 23.7. The largest absolute Gasteiger partial charge is 0.443 e. The molecule has 1 rings (SSSR count). The topological polar surface area (TPSA) is 136 Å². The maximum absolute atomic E-state index is 14.0. The van der Waals surface area contributed by atoms with E-state index in [4.69, 9.17) is 21.8 Å². The van der Waals surface area contributed by atoms with Crippen LogP contribution in [0.3, 0.4) is 0 Å². The van der Waals surface area contributed by atoms with E-state index in [1.54, 1.807) is 10.0 Å². The zero-order valence-corrected chi connectivity index (χ0v) is 17.3. The number of hydrogen-bond acceptors (Lipinski definition) is 6. The van der Waals surface area contributed by atoms with Crippen LogP contribution in [0.2, 0.25) is 5.02 Å². The van der Waals surface area contributed by atoms with Gasteiger partial charge in [-0.1, -0.05) is 11.6 Å². The van der Waals surface area contributed by atoms with Crippen molar-refractivity contribution >= 4 is 39.3 Å². The lowest BCUT2D eigenvalue weighted by atomic mass is 10.1. The number of carbonyl (C=O) groups is 2. The summed E-state index contributed by atoms with van der Waals surface area (Å²) in [6.07, 6.45) is -7.46. The predicted molar refractivity (Wildman–Crippen MR) is 97.2 cm³/mol. The van der Waals surface area contributed by atoms with E-state index in [0.717, 1.165) is 4.31 Å². The number of alkyl halides is 3. The molecule has 0 saturated carbocycles. The lowest BCUT2D eigenvalue weighted by Gasteiger charge is -2.23. The fourth-order valence-corrected chi connectivity index (χ4v) is 3.14. The third kappa shape index (κ3) is 6.25. The number of amides is 2. The SMILES string of the molecule is CC(C)N(C)S(=O)(=O)NC(=O)c1cc(NC(=O)CC(O)(O)C(F)(F)F)c(F)cc1Cl. The predicted octanol–water partition coefficient (Wildman–Crippen LogP) is 1.37. The number of halogens is 5. The van der Waals surface area contributed by atoms with Gasteiger partial charge in [-0.05, 0) is 26.0 Å². The van der Waals surface area contributed by atoms with Gasteiger partial charge in [-0.3, -0.25) is 9.59 Å². The molecule has 2 amide bonds. The highest BCUT2D eigenvalue weighted by molar-refractivity contribution is 7.87. The molecule has 9 nitrogen and oxygen atoms in total. The number of anilines is 1. The molecule has 0 atom stereocenters. The second kappa shape index (κ2) is 9.01. The Balaban J connectivity index is 3.13. The van der Waals surface area contributed by atoms with Crippen LogP contribution < -0.4 is 10.0 Å². The molecule has 0 fully saturated rings. The maximum Gasteiger partial charge on any atom is 0.443 e. The Morgan fingerprint density at radius 3 is 2.23 bits per heavy atom. The Labute approximate surface area is 173 Å². The minimum absolute atomic E-state index is 0.514. The van der Waals surface area contributed by atoms with Crippen LogP contribution in [0.4, 0.5) is 23.2 Å². The normalized spacial score (nSPS) is 12.9. The Morgan fingerprint density at radius 1 is 1.23 bits per heavy atom. The third-order valence-electron chi connectivity index (χ3n) is 3.76. The molecular formula is C15H18ClF4N3O6S. The Bertz CT molecular complexity index is 937.